The van der Waals surface area contributed by atoms with Gasteiger partial charge in [0.2, 0.25) is 11.3 Å². The van der Waals surface area contributed by atoms with Crippen LogP contribution in [-0.4, -0.2) is 0 Å². The summed E-state index contributed by atoms with van der Waals surface area (Å²) in [6.45, 7) is 22.7. The maximum atomic E-state index is 6.26. The number of oxazole rings is 1. The Morgan fingerprint density at radius 1 is 0.793 bits per heavy atom. The molecule has 3 aromatic rings. The van der Waals surface area contributed by atoms with E-state index >= 15 is 0 Å². The van der Waals surface area contributed by atoms with Crippen molar-refractivity contribution in [2.75, 3.05) is 0 Å². The highest BCUT2D eigenvalue weighted by Gasteiger charge is 2.31. The molecule has 3 rings (SSSR count). The van der Waals surface area contributed by atoms with Crippen molar-refractivity contribution >= 4 is 11.1 Å². The Balaban J connectivity index is 2.45. The van der Waals surface area contributed by atoms with Gasteiger partial charge in [-0.1, -0.05) is 93.5 Å². The van der Waals surface area contributed by atoms with Crippen LogP contribution in [0.1, 0.15) is 103 Å². The topological polar surface area (TPSA) is 17.0 Å². The predicted molar refractivity (Wildman–Crippen MR) is 123 cm³/mol. The molecule has 0 aliphatic carbocycles. The van der Waals surface area contributed by atoms with Gasteiger partial charge in [-0.15, -0.1) is 4.57 Å². The number of hydrogen-bond donors (Lipinski definition) is 0. The molecule has 0 amide bonds. The van der Waals surface area contributed by atoms with Crippen LogP contribution in [0.25, 0.3) is 16.8 Å². The van der Waals surface area contributed by atoms with Gasteiger partial charge in [-0.3, -0.25) is 0 Å². The fourth-order valence-electron chi connectivity index (χ4n) is 4.03. The van der Waals surface area contributed by atoms with Gasteiger partial charge in [-0.2, -0.15) is 0 Å². The Kier molecular flexibility index (Phi) is 5.45. The van der Waals surface area contributed by atoms with Gasteiger partial charge >= 0.3 is 6.39 Å². The van der Waals surface area contributed by atoms with Gasteiger partial charge < -0.3 is 4.42 Å². The van der Waals surface area contributed by atoms with Crippen molar-refractivity contribution in [1.82, 2.24) is 0 Å². The van der Waals surface area contributed by atoms with E-state index in [0.29, 0.717) is 11.8 Å². The Hall–Kier alpha value is -2.09. The smallest absolute Gasteiger partial charge is 0.341 e. The lowest BCUT2D eigenvalue weighted by Gasteiger charge is -2.24. The molecule has 0 saturated carbocycles. The van der Waals surface area contributed by atoms with Crippen molar-refractivity contribution in [2.24, 2.45) is 0 Å². The van der Waals surface area contributed by atoms with Crippen molar-refractivity contribution in [2.45, 2.75) is 91.9 Å². The third-order valence-electron chi connectivity index (χ3n) is 5.86. The van der Waals surface area contributed by atoms with Gasteiger partial charge in [0.15, 0.2) is 0 Å². The van der Waals surface area contributed by atoms with Gasteiger partial charge in [0, 0.05) is 22.8 Å². The molecule has 29 heavy (non-hydrogen) atoms. The highest BCUT2D eigenvalue weighted by molar-refractivity contribution is 5.76. The molecule has 0 N–H and O–H groups in total. The zero-order valence-electron chi connectivity index (χ0n) is 20.0. The molecule has 0 bridgehead atoms. The van der Waals surface area contributed by atoms with Crippen LogP contribution in [0.5, 0.6) is 0 Å². The SMILES string of the molecule is CC(C)c1cccc(C(C)C)c1-[n+]1coc2c(C(C)(C)C)cc(C(C)(C)C)cc21. The molecule has 0 radical (unpaired) electrons. The Bertz CT molecular complexity index is 997. The van der Waals surface area contributed by atoms with Gasteiger partial charge in [0.05, 0.1) is 0 Å². The number of benzene rings is 2. The molecule has 1 heterocycles. The van der Waals surface area contributed by atoms with E-state index in [1.165, 1.54) is 27.9 Å². The van der Waals surface area contributed by atoms with Gasteiger partial charge in [-0.25, -0.2) is 0 Å². The minimum atomic E-state index is 0.00758. The second-order valence-electron chi connectivity index (χ2n) is 11.1. The zero-order chi connectivity index (χ0) is 21.7. The lowest BCUT2D eigenvalue weighted by molar-refractivity contribution is -0.574. The van der Waals surface area contributed by atoms with E-state index in [0.717, 1.165) is 11.1 Å². The van der Waals surface area contributed by atoms with Crippen LogP contribution in [0.4, 0.5) is 0 Å². The predicted octanol–water partition coefficient (Wildman–Crippen LogP) is 7.55. The van der Waals surface area contributed by atoms with Crippen LogP contribution in [0.2, 0.25) is 0 Å². The summed E-state index contributed by atoms with van der Waals surface area (Å²) in [4.78, 5) is 0. The van der Waals surface area contributed by atoms with Crippen LogP contribution < -0.4 is 4.57 Å². The Labute approximate surface area is 177 Å². The number of hydrogen-bond acceptors (Lipinski definition) is 1. The highest BCUT2D eigenvalue weighted by Crippen LogP contribution is 2.36. The normalized spacial score (nSPS) is 13.1. The van der Waals surface area contributed by atoms with Crippen molar-refractivity contribution in [3.05, 3.63) is 59.0 Å². The fourth-order valence-corrected chi connectivity index (χ4v) is 4.03. The van der Waals surface area contributed by atoms with Crippen LogP contribution in [-0.2, 0) is 10.8 Å². The molecule has 2 heteroatoms. The molecule has 0 saturated heterocycles. The van der Waals surface area contributed by atoms with E-state index < -0.39 is 0 Å². The van der Waals surface area contributed by atoms with Crippen LogP contribution in [0.15, 0.2) is 41.1 Å². The minimum Gasteiger partial charge on any atom is -0.403 e. The molecular weight excluding hydrogens is 354 g/mol. The highest BCUT2D eigenvalue weighted by atomic mass is 16.3. The van der Waals surface area contributed by atoms with E-state index in [2.05, 4.69) is 104 Å². The summed E-state index contributed by atoms with van der Waals surface area (Å²) >= 11 is 0. The first-order chi connectivity index (χ1) is 13.3. The summed E-state index contributed by atoms with van der Waals surface area (Å²) in [5.41, 5.74) is 8.86. The maximum absolute atomic E-state index is 6.26. The summed E-state index contributed by atoms with van der Waals surface area (Å²) < 4.78 is 8.56. The molecule has 0 unspecified atom stereocenters. The average Bonchev–Trinajstić information content (AvgIpc) is 3.01. The fraction of sp³-hybridized carbons (Fsp3) is 0.519. The van der Waals surface area contributed by atoms with E-state index in [4.69, 9.17) is 4.42 Å². The maximum Gasteiger partial charge on any atom is 0.341 e. The summed E-state index contributed by atoms with van der Waals surface area (Å²) in [7, 11) is 0. The zero-order valence-corrected chi connectivity index (χ0v) is 20.0. The molecule has 0 atom stereocenters. The van der Waals surface area contributed by atoms with Crippen molar-refractivity contribution in [3.63, 3.8) is 0 Å². The first-order valence-electron chi connectivity index (χ1n) is 10.9. The van der Waals surface area contributed by atoms with Crippen LogP contribution in [0.3, 0.4) is 0 Å². The third kappa shape index (κ3) is 3.99. The van der Waals surface area contributed by atoms with Gasteiger partial charge in [0.25, 0.3) is 5.52 Å². The number of para-hydroxylation sites is 1. The molecule has 0 fully saturated rings. The van der Waals surface area contributed by atoms with Crippen LogP contribution in [0, 0.1) is 0 Å². The summed E-state index contributed by atoms with van der Waals surface area (Å²) in [6.07, 6.45) is 1.92. The second kappa shape index (κ2) is 7.31. The Morgan fingerprint density at radius 2 is 1.34 bits per heavy atom. The summed E-state index contributed by atoms with van der Waals surface area (Å²) in [6, 6.07) is 11.4. The molecule has 0 aliphatic heterocycles. The van der Waals surface area contributed by atoms with Gasteiger partial charge in [-0.05, 0) is 28.2 Å². The largest absolute Gasteiger partial charge is 0.403 e. The quantitative estimate of drug-likeness (QED) is 0.420. The monoisotopic (exact) mass is 392 g/mol. The standard InChI is InChI=1S/C27H38NO/c1-17(2)20-12-11-13-21(18(3)4)24(20)28-16-29-25-22(27(8,9)10)14-19(15-23(25)28)26(5,6)7/h11-18H,1-10H3/q+1. The van der Waals surface area contributed by atoms with Crippen LogP contribution >= 0.6 is 0 Å². The van der Waals surface area contributed by atoms with E-state index in [1.54, 1.807) is 0 Å². The first kappa shape index (κ1) is 21.6. The number of fused-ring (bicyclic) bond motifs is 1. The molecule has 156 valence electrons. The van der Waals surface area contributed by atoms with E-state index in [1.807, 2.05) is 6.39 Å². The second-order valence-corrected chi connectivity index (χ2v) is 11.1. The molecule has 0 spiro atoms. The average molecular weight is 393 g/mol. The molecule has 0 aliphatic rings. The van der Waals surface area contributed by atoms with Crippen molar-refractivity contribution < 1.29 is 8.98 Å². The van der Waals surface area contributed by atoms with Crippen molar-refractivity contribution in [3.8, 4) is 5.69 Å². The number of rotatable bonds is 3. The molecular formula is C27H38NO+. The van der Waals surface area contributed by atoms with E-state index in [-0.39, 0.29) is 10.8 Å². The minimum absolute atomic E-state index is 0.00758. The van der Waals surface area contributed by atoms with Gasteiger partial charge in [0.1, 0.15) is 0 Å². The molecule has 2 nitrogen and oxygen atoms in total. The number of aromatic nitrogens is 1. The molecule has 1 aromatic heterocycles. The van der Waals surface area contributed by atoms with E-state index in [9.17, 15) is 0 Å². The Morgan fingerprint density at radius 3 is 1.79 bits per heavy atom. The molecule has 2 aromatic carbocycles. The lowest BCUT2D eigenvalue weighted by atomic mass is 9.80. The summed E-state index contributed by atoms with van der Waals surface area (Å²) in [5, 5.41) is 0. The number of nitrogens with zero attached hydrogens (tertiary/aromatic N) is 1. The third-order valence-corrected chi connectivity index (χ3v) is 5.86. The van der Waals surface area contributed by atoms with Crippen molar-refractivity contribution in [1.29, 1.82) is 0 Å². The lowest BCUT2D eigenvalue weighted by Crippen LogP contribution is -2.33. The first-order valence-corrected chi connectivity index (χ1v) is 10.9. The summed E-state index contributed by atoms with van der Waals surface area (Å²) in [5.74, 6) is 0.878.